The van der Waals surface area contributed by atoms with Crippen LogP contribution in [0.4, 0.5) is 0 Å². The summed E-state index contributed by atoms with van der Waals surface area (Å²) in [6.45, 7) is 10.5. The summed E-state index contributed by atoms with van der Waals surface area (Å²) < 4.78 is 38.9. The largest absolute Gasteiger partial charge is 0.494 e. The molecule has 0 N–H and O–H groups in total. The standard InChI is InChI=1S/C72H80N2O8S2/c1-3-67(75)79-43-15-11-7-5-9-13-41-77-61-37-33-57(34-38-61)55-25-21-53(22-26-55)49-81-69-63-45-65(59-29-17-51(47-73)18-30-59)84-72(63)70(64-46-66(83-71(64)69)60-31-19-52(48-74)20-32-60)82-50-54-23-27-56(28-24-54)58-35-39-62(40-36-58)78-42-14-10-6-8-12-16-44-80-68(76)4-2/h3-4,17-20,29-40,45-46,53-56H,1-2,5-16,21-28,41-44,49-50H2. The molecular formula is C72H80N2O8S2. The van der Waals surface area contributed by atoms with E-state index in [2.05, 4.69) is 86.0 Å². The van der Waals surface area contributed by atoms with Gasteiger partial charge in [0.05, 0.1) is 72.3 Å². The van der Waals surface area contributed by atoms with Gasteiger partial charge in [-0.3, -0.25) is 0 Å². The number of carbonyl (C=O) groups excluding carboxylic acids is 2. The maximum absolute atomic E-state index is 11.2. The van der Waals surface area contributed by atoms with Crippen molar-refractivity contribution in [3.63, 3.8) is 0 Å². The van der Waals surface area contributed by atoms with E-state index >= 15 is 0 Å². The van der Waals surface area contributed by atoms with Crippen molar-refractivity contribution in [1.29, 1.82) is 10.5 Å². The zero-order valence-electron chi connectivity index (χ0n) is 48.6. The first-order valence-corrected chi connectivity index (χ1v) is 32.3. The fraction of sp³-hybridized carbons (Fsp3) is 0.417. The first-order chi connectivity index (χ1) is 41.3. The molecule has 2 fully saturated rings. The lowest BCUT2D eigenvalue weighted by molar-refractivity contribution is -0.138. The minimum absolute atomic E-state index is 0.351. The maximum Gasteiger partial charge on any atom is 0.330 e. The van der Waals surface area contributed by atoms with Crippen molar-refractivity contribution >= 4 is 54.8 Å². The molecule has 5 aromatic carbocycles. The summed E-state index contributed by atoms with van der Waals surface area (Å²) in [5, 5.41) is 21.4. The second-order valence-corrected chi connectivity index (χ2v) is 24.7. The third-order valence-electron chi connectivity index (χ3n) is 16.7. The first-order valence-electron chi connectivity index (χ1n) is 30.6. The molecule has 9 rings (SSSR count). The number of esters is 2. The SMILES string of the molecule is C=CC(=O)OCCCCCCCCOc1ccc(C2CCC(COc3c4cc(-c5ccc(C#N)cc5)sc4c(OCC4CCC(c5ccc(OCCCCCCCCOC(=O)C=C)cc5)CC4)c4cc(-c5ccc(C#N)cc5)sc34)CC2)cc1. The van der Waals surface area contributed by atoms with Gasteiger partial charge in [0.15, 0.2) is 0 Å². The third-order valence-corrected chi connectivity index (χ3v) is 19.1. The molecule has 10 nitrogen and oxygen atoms in total. The van der Waals surface area contributed by atoms with Gasteiger partial charge in [-0.25, -0.2) is 9.59 Å². The lowest BCUT2D eigenvalue weighted by Gasteiger charge is -2.29. The van der Waals surface area contributed by atoms with Crippen LogP contribution in [0.25, 0.3) is 41.1 Å². The van der Waals surface area contributed by atoms with E-state index < -0.39 is 0 Å². The van der Waals surface area contributed by atoms with Crippen molar-refractivity contribution in [3.05, 3.63) is 157 Å². The van der Waals surface area contributed by atoms with Gasteiger partial charge in [0.1, 0.15) is 23.0 Å². The van der Waals surface area contributed by atoms with Gasteiger partial charge in [-0.2, -0.15) is 10.5 Å². The van der Waals surface area contributed by atoms with E-state index in [-0.39, 0.29) is 11.9 Å². The van der Waals surface area contributed by atoms with Gasteiger partial charge in [0, 0.05) is 32.7 Å². The predicted molar refractivity (Wildman–Crippen MR) is 339 cm³/mol. The van der Waals surface area contributed by atoms with Crippen LogP contribution in [0.3, 0.4) is 0 Å². The molecule has 2 aromatic heterocycles. The van der Waals surface area contributed by atoms with E-state index in [0.717, 1.165) is 192 Å². The number of ether oxygens (including phenoxy) is 6. The van der Waals surface area contributed by atoms with Gasteiger partial charge < -0.3 is 28.4 Å². The Morgan fingerprint density at radius 1 is 0.452 bits per heavy atom. The molecule has 0 atom stereocenters. The zero-order valence-corrected chi connectivity index (χ0v) is 50.3. The summed E-state index contributed by atoms with van der Waals surface area (Å²) in [4.78, 5) is 24.6. The summed E-state index contributed by atoms with van der Waals surface area (Å²) in [5.74, 6) is 4.80. The van der Waals surface area contributed by atoms with E-state index in [1.165, 1.54) is 23.3 Å². The van der Waals surface area contributed by atoms with E-state index in [1.54, 1.807) is 22.7 Å². The average Bonchev–Trinajstić information content (AvgIpc) is 1.90. The van der Waals surface area contributed by atoms with Crippen LogP contribution in [0, 0.1) is 34.5 Å². The van der Waals surface area contributed by atoms with Gasteiger partial charge in [-0.1, -0.05) is 113 Å². The minimum Gasteiger partial charge on any atom is -0.494 e. The van der Waals surface area contributed by atoms with E-state index in [4.69, 9.17) is 28.4 Å². The van der Waals surface area contributed by atoms with E-state index in [9.17, 15) is 20.1 Å². The van der Waals surface area contributed by atoms with Gasteiger partial charge in [-0.05, 0) is 184 Å². The predicted octanol–water partition coefficient (Wildman–Crippen LogP) is 18.8. The molecule has 0 aliphatic heterocycles. The second-order valence-electron chi connectivity index (χ2n) is 22.6. The lowest BCUT2D eigenvalue weighted by Crippen LogP contribution is -2.20. The monoisotopic (exact) mass is 1160 g/mol. The van der Waals surface area contributed by atoms with Crippen LogP contribution < -0.4 is 18.9 Å². The molecule has 0 unspecified atom stereocenters. The van der Waals surface area contributed by atoms with Gasteiger partial charge in [0.25, 0.3) is 0 Å². The second kappa shape index (κ2) is 32.0. The highest BCUT2D eigenvalue weighted by molar-refractivity contribution is 7.24. The number of fused-ring (bicyclic) bond motifs is 2. The number of carbonyl (C=O) groups is 2. The van der Waals surface area contributed by atoms with Crippen molar-refractivity contribution in [2.75, 3.05) is 39.6 Å². The Morgan fingerprint density at radius 3 is 1.14 bits per heavy atom. The molecule has 12 heteroatoms. The van der Waals surface area contributed by atoms with Gasteiger partial charge in [-0.15, -0.1) is 22.7 Å². The molecular weight excluding hydrogens is 1080 g/mol. The normalized spacial score (nSPS) is 16.7. The summed E-state index contributed by atoms with van der Waals surface area (Å²) in [7, 11) is 0. The number of nitriles is 2. The summed E-state index contributed by atoms with van der Waals surface area (Å²) >= 11 is 3.46. The number of hydrogen-bond donors (Lipinski definition) is 0. The quantitative estimate of drug-likeness (QED) is 0.0228. The Balaban J connectivity index is 0.822. The number of hydrogen-bond acceptors (Lipinski definition) is 12. The van der Waals surface area contributed by atoms with Crippen LogP contribution in [0.15, 0.2) is 135 Å². The Hall–Kier alpha value is -7.38. The number of rotatable bonds is 32. The van der Waals surface area contributed by atoms with Crippen LogP contribution in [-0.4, -0.2) is 51.6 Å². The van der Waals surface area contributed by atoms with Crippen molar-refractivity contribution in [2.45, 2.75) is 140 Å². The molecule has 0 bridgehead atoms. The Bertz CT molecular complexity index is 3040. The van der Waals surface area contributed by atoms with Crippen molar-refractivity contribution < 1.29 is 38.0 Å². The summed E-state index contributed by atoms with van der Waals surface area (Å²) in [6, 6.07) is 42.3. The van der Waals surface area contributed by atoms with Crippen LogP contribution in [0.1, 0.15) is 163 Å². The highest BCUT2D eigenvalue weighted by Crippen LogP contribution is 2.53. The maximum atomic E-state index is 11.2. The Morgan fingerprint density at radius 2 is 0.798 bits per heavy atom. The molecule has 84 heavy (non-hydrogen) atoms. The van der Waals surface area contributed by atoms with Crippen LogP contribution >= 0.6 is 22.7 Å². The molecule has 0 saturated heterocycles. The molecule has 438 valence electrons. The topological polar surface area (TPSA) is 137 Å². The smallest absolute Gasteiger partial charge is 0.330 e. The molecule has 0 radical (unpaired) electrons. The summed E-state index contributed by atoms with van der Waals surface area (Å²) in [5.41, 5.74) is 6.13. The van der Waals surface area contributed by atoms with Crippen molar-refractivity contribution in [2.24, 2.45) is 11.8 Å². The molecule has 2 heterocycles. The average molecular weight is 1170 g/mol. The van der Waals surface area contributed by atoms with Crippen LogP contribution in [-0.2, 0) is 19.1 Å². The van der Waals surface area contributed by atoms with Crippen LogP contribution in [0.2, 0.25) is 0 Å². The zero-order chi connectivity index (χ0) is 58.3. The number of thiophene rings is 2. The van der Waals surface area contributed by atoms with Gasteiger partial charge in [0.2, 0.25) is 0 Å². The van der Waals surface area contributed by atoms with Crippen molar-refractivity contribution in [3.8, 4) is 56.0 Å². The highest BCUT2D eigenvalue weighted by Gasteiger charge is 2.28. The number of unbranched alkanes of at least 4 members (excludes halogenated alkanes) is 10. The Kier molecular flexibility index (Phi) is 23.3. The Labute approximate surface area is 505 Å². The van der Waals surface area contributed by atoms with E-state index in [0.29, 0.717) is 74.4 Å². The van der Waals surface area contributed by atoms with E-state index in [1.807, 2.05) is 48.5 Å². The van der Waals surface area contributed by atoms with Crippen molar-refractivity contribution in [1.82, 2.24) is 0 Å². The lowest BCUT2D eigenvalue weighted by atomic mass is 9.79. The third kappa shape index (κ3) is 17.4. The molecule has 2 saturated carbocycles. The summed E-state index contributed by atoms with van der Waals surface area (Å²) in [6.07, 6.45) is 23.9. The van der Waals surface area contributed by atoms with Gasteiger partial charge >= 0.3 is 11.9 Å². The van der Waals surface area contributed by atoms with Crippen LogP contribution in [0.5, 0.6) is 23.0 Å². The molecule has 2 aliphatic rings. The first kappa shape index (κ1) is 61.2. The fourth-order valence-corrected chi connectivity index (χ4v) is 14.1. The minimum atomic E-state index is -0.351. The number of nitrogens with zero attached hydrogens (tertiary/aromatic N) is 2. The highest BCUT2D eigenvalue weighted by atomic mass is 32.1. The molecule has 0 spiro atoms. The molecule has 7 aromatic rings. The molecule has 0 amide bonds. The molecule has 2 aliphatic carbocycles. The fourth-order valence-electron chi connectivity index (χ4n) is 11.8. The number of benzene rings is 5.